The van der Waals surface area contributed by atoms with Crippen molar-refractivity contribution in [3.8, 4) is 0 Å². The molecule has 2 N–H and O–H groups in total. The van der Waals surface area contributed by atoms with Gasteiger partial charge in [-0.05, 0) is 60.6 Å². The van der Waals surface area contributed by atoms with E-state index in [2.05, 4.69) is 39.3 Å². The lowest BCUT2D eigenvalue weighted by atomic mass is 9.86. The molecular formula is C13H21BrN2S. The molecular weight excluding hydrogens is 296 g/mol. The van der Waals surface area contributed by atoms with Crippen LogP contribution in [0.5, 0.6) is 0 Å². The molecule has 1 heterocycles. The molecule has 1 aliphatic carbocycles. The Morgan fingerprint density at radius 1 is 1.41 bits per heavy atom. The van der Waals surface area contributed by atoms with Gasteiger partial charge in [-0.15, -0.1) is 11.3 Å². The fourth-order valence-electron chi connectivity index (χ4n) is 2.58. The van der Waals surface area contributed by atoms with E-state index < -0.39 is 0 Å². The number of hydrogen-bond acceptors (Lipinski definition) is 3. The van der Waals surface area contributed by atoms with Gasteiger partial charge in [-0.2, -0.15) is 0 Å². The maximum atomic E-state index is 5.94. The molecule has 1 fully saturated rings. The Morgan fingerprint density at radius 3 is 2.71 bits per heavy atom. The summed E-state index contributed by atoms with van der Waals surface area (Å²) in [4.78, 5) is 3.88. The van der Waals surface area contributed by atoms with Crippen molar-refractivity contribution < 1.29 is 0 Å². The van der Waals surface area contributed by atoms with E-state index in [-0.39, 0.29) is 0 Å². The van der Waals surface area contributed by atoms with E-state index in [1.165, 1.54) is 41.6 Å². The minimum atomic E-state index is 0.463. The second-order valence-electron chi connectivity index (χ2n) is 5.21. The van der Waals surface area contributed by atoms with Gasteiger partial charge in [0, 0.05) is 33.9 Å². The zero-order chi connectivity index (χ0) is 12.3. The van der Waals surface area contributed by atoms with Gasteiger partial charge < -0.3 is 10.6 Å². The Morgan fingerprint density at radius 2 is 2.12 bits per heavy atom. The molecule has 0 unspecified atom stereocenters. The lowest BCUT2D eigenvalue weighted by molar-refractivity contribution is 0.220. The van der Waals surface area contributed by atoms with Gasteiger partial charge in [0.15, 0.2) is 0 Å². The van der Waals surface area contributed by atoms with E-state index in [4.69, 9.17) is 5.73 Å². The normalized spacial score (nSPS) is 25.4. The van der Waals surface area contributed by atoms with Gasteiger partial charge in [-0.3, -0.25) is 0 Å². The first kappa shape index (κ1) is 13.5. The molecule has 1 aliphatic rings. The standard InChI is InChI=1S/C13H21BrN2S/c1-16(8-13-6-11(14)9-17-13)7-10-2-4-12(15)5-3-10/h6,9-10,12H,2-5,7-8,15H2,1H3. The van der Waals surface area contributed by atoms with Crippen LogP contribution in [0.2, 0.25) is 0 Å². The van der Waals surface area contributed by atoms with Crippen LogP contribution in [0.4, 0.5) is 0 Å². The largest absolute Gasteiger partial charge is 0.328 e. The van der Waals surface area contributed by atoms with Crippen LogP contribution in [-0.2, 0) is 6.54 Å². The van der Waals surface area contributed by atoms with Crippen LogP contribution >= 0.6 is 27.3 Å². The summed E-state index contributed by atoms with van der Waals surface area (Å²) >= 11 is 5.34. The van der Waals surface area contributed by atoms with Crippen molar-refractivity contribution in [1.29, 1.82) is 0 Å². The summed E-state index contributed by atoms with van der Waals surface area (Å²) in [6.45, 7) is 2.28. The molecule has 1 saturated carbocycles. The Kier molecular flexibility index (Phi) is 5.03. The predicted octanol–water partition coefficient (Wildman–Crippen LogP) is 3.46. The third-order valence-corrected chi connectivity index (χ3v) is 5.19. The molecule has 2 rings (SSSR count). The number of halogens is 1. The zero-order valence-corrected chi connectivity index (χ0v) is 12.8. The van der Waals surface area contributed by atoms with Gasteiger partial charge in [-0.1, -0.05) is 0 Å². The van der Waals surface area contributed by atoms with Crippen LogP contribution in [0.3, 0.4) is 0 Å². The number of nitrogens with zero attached hydrogens (tertiary/aromatic N) is 1. The predicted molar refractivity (Wildman–Crippen MR) is 78.3 cm³/mol. The molecule has 1 aromatic rings. The van der Waals surface area contributed by atoms with Gasteiger partial charge >= 0.3 is 0 Å². The highest BCUT2D eigenvalue weighted by molar-refractivity contribution is 9.10. The molecule has 0 aliphatic heterocycles. The molecule has 4 heteroatoms. The van der Waals surface area contributed by atoms with E-state index in [9.17, 15) is 0 Å². The van der Waals surface area contributed by atoms with Gasteiger partial charge in [0.1, 0.15) is 0 Å². The van der Waals surface area contributed by atoms with Crippen molar-refractivity contribution in [1.82, 2.24) is 4.90 Å². The molecule has 2 nitrogen and oxygen atoms in total. The molecule has 0 amide bonds. The Labute approximate surface area is 116 Å². The van der Waals surface area contributed by atoms with Crippen LogP contribution in [-0.4, -0.2) is 24.5 Å². The van der Waals surface area contributed by atoms with Crippen LogP contribution < -0.4 is 5.73 Å². The lowest BCUT2D eigenvalue weighted by Crippen LogP contribution is -2.32. The number of nitrogens with two attached hydrogens (primary N) is 1. The molecule has 0 atom stereocenters. The van der Waals surface area contributed by atoms with Gasteiger partial charge in [-0.25, -0.2) is 0 Å². The molecule has 0 aromatic carbocycles. The Balaban J connectivity index is 1.75. The summed E-state index contributed by atoms with van der Waals surface area (Å²) in [6.07, 6.45) is 5.03. The SMILES string of the molecule is CN(Cc1cc(Br)cs1)CC1CCC(N)CC1. The second-order valence-corrected chi connectivity index (χ2v) is 7.12. The number of rotatable bonds is 4. The minimum Gasteiger partial charge on any atom is -0.328 e. The van der Waals surface area contributed by atoms with E-state index >= 15 is 0 Å². The molecule has 1 aromatic heterocycles. The quantitative estimate of drug-likeness (QED) is 0.921. The van der Waals surface area contributed by atoms with Crippen LogP contribution in [0.25, 0.3) is 0 Å². The van der Waals surface area contributed by atoms with Crippen LogP contribution in [0, 0.1) is 5.92 Å². The molecule has 0 saturated heterocycles. The average Bonchev–Trinajstić information content (AvgIpc) is 2.67. The maximum absolute atomic E-state index is 5.94. The first-order valence-corrected chi connectivity index (χ1v) is 7.98. The van der Waals surface area contributed by atoms with Gasteiger partial charge in [0.05, 0.1) is 0 Å². The third-order valence-electron chi connectivity index (χ3n) is 3.51. The lowest BCUT2D eigenvalue weighted by Gasteiger charge is -2.29. The van der Waals surface area contributed by atoms with Crippen molar-refractivity contribution >= 4 is 27.3 Å². The summed E-state index contributed by atoms with van der Waals surface area (Å²) in [7, 11) is 2.22. The maximum Gasteiger partial charge on any atom is 0.0325 e. The first-order valence-electron chi connectivity index (χ1n) is 6.30. The van der Waals surface area contributed by atoms with Crippen molar-refractivity contribution in [3.63, 3.8) is 0 Å². The summed E-state index contributed by atoms with van der Waals surface area (Å²) in [5, 5.41) is 2.16. The summed E-state index contributed by atoms with van der Waals surface area (Å²) < 4.78 is 1.20. The van der Waals surface area contributed by atoms with E-state index in [1.54, 1.807) is 0 Å². The van der Waals surface area contributed by atoms with E-state index in [0.717, 1.165) is 12.5 Å². The summed E-state index contributed by atoms with van der Waals surface area (Å²) in [5.74, 6) is 0.850. The van der Waals surface area contributed by atoms with Crippen LogP contribution in [0.1, 0.15) is 30.6 Å². The Bertz CT molecular complexity index is 345. The van der Waals surface area contributed by atoms with Crippen molar-refractivity contribution in [2.75, 3.05) is 13.6 Å². The molecule has 17 heavy (non-hydrogen) atoms. The van der Waals surface area contributed by atoms with Crippen molar-refractivity contribution in [2.24, 2.45) is 11.7 Å². The summed E-state index contributed by atoms with van der Waals surface area (Å²) in [6, 6.07) is 2.68. The topological polar surface area (TPSA) is 29.3 Å². The third kappa shape index (κ3) is 4.36. The van der Waals surface area contributed by atoms with Gasteiger partial charge in [0.2, 0.25) is 0 Å². The zero-order valence-electron chi connectivity index (χ0n) is 10.4. The first-order chi connectivity index (χ1) is 8.13. The van der Waals surface area contributed by atoms with Crippen molar-refractivity contribution in [2.45, 2.75) is 38.3 Å². The molecule has 96 valence electrons. The highest BCUT2D eigenvalue weighted by atomic mass is 79.9. The Hall–Kier alpha value is 0.1000. The smallest absolute Gasteiger partial charge is 0.0325 e. The molecule has 0 radical (unpaired) electrons. The van der Waals surface area contributed by atoms with Crippen molar-refractivity contribution in [3.05, 3.63) is 20.8 Å². The monoisotopic (exact) mass is 316 g/mol. The fraction of sp³-hybridized carbons (Fsp3) is 0.692. The highest BCUT2D eigenvalue weighted by Crippen LogP contribution is 2.25. The average molecular weight is 317 g/mol. The van der Waals surface area contributed by atoms with Crippen LogP contribution in [0.15, 0.2) is 15.9 Å². The summed E-state index contributed by atoms with van der Waals surface area (Å²) in [5.41, 5.74) is 5.94. The minimum absolute atomic E-state index is 0.463. The second kappa shape index (κ2) is 6.32. The van der Waals surface area contributed by atoms with E-state index in [0.29, 0.717) is 6.04 Å². The molecule has 0 spiro atoms. The number of hydrogen-bond donors (Lipinski definition) is 1. The molecule has 0 bridgehead atoms. The van der Waals surface area contributed by atoms with E-state index in [1.807, 2.05) is 11.3 Å². The van der Waals surface area contributed by atoms with Gasteiger partial charge in [0.25, 0.3) is 0 Å². The fourth-order valence-corrected chi connectivity index (χ4v) is 4.11. The number of thiophene rings is 1. The highest BCUT2D eigenvalue weighted by Gasteiger charge is 2.19.